The smallest absolute Gasteiger partial charge is 0.286 e. The van der Waals surface area contributed by atoms with Crippen molar-refractivity contribution in [2.75, 3.05) is 6.54 Å². The van der Waals surface area contributed by atoms with Gasteiger partial charge in [-0.25, -0.2) is 4.39 Å². The molecule has 0 fully saturated rings. The molecule has 7 heteroatoms. The average Bonchev–Trinajstić information content (AvgIpc) is 3.19. The molecule has 0 saturated heterocycles. The Kier molecular flexibility index (Phi) is 3.95. The highest BCUT2D eigenvalue weighted by molar-refractivity contribution is 5.91. The predicted molar refractivity (Wildman–Crippen MR) is 74.4 cm³/mol. The van der Waals surface area contributed by atoms with Crippen molar-refractivity contribution in [3.8, 4) is 11.4 Å². The number of hydrogen-bond acceptors (Lipinski definition) is 5. The number of nitrogens with zero attached hydrogens (tertiary/aromatic N) is 2. The Hall–Kier alpha value is -2.96. The van der Waals surface area contributed by atoms with Gasteiger partial charge in [-0.2, -0.15) is 4.98 Å². The highest BCUT2D eigenvalue weighted by atomic mass is 19.1. The van der Waals surface area contributed by atoms with Gasteiger partial charge in [-0.05, 0) is 24.3 Å². The molecular formula is C15H12FN3O3. The molecule has 1 amide bonds. The fraction of sp³-hybridized carbons (Fsp3) is 0.133. The van der Waals surface area contributed by atoms with Crippen LogP contribution in [0.25, 0.3) is 11.4 Å². The molecule has 2 heterocycles. The maximum Gasteiger partial charge on any atom is 0.286 e. The van der Waals surface area contributed by atoms with Crippen LogP contribution in [0.4, 0.5) is 4.39 Å². The number of halogens is 1. The Morgan fingerprint density at radius 3 is 2.86 bits per heavy atom. The van der Waals surface area contributed by atoms with Crippen LogP contribution in [-0.4, -0.2) is 22.6 Å². The number of carbonyl (C=O) groups is 1. The lowest BCUT2D eigenvalue weighted by molar-refractivity contribution is 0.0925. The summed E-state index contributed by atoms with van der Waals surface area (Å²) in [4.78, 5) is 15.8. The van der Waals surface area contributed by atoms with Crippen molar-refractivity contribution in [3.63, 3.8) is 0 Å². The summed E-state index contributed by atoms with van der Waals surface area (Å²) in [6, 6.07) is 9.38. The monoisotopic (exact) mass is 301 g/mol. The highest BCUT2D eigenvalue weighted by Crippen LogP contribution is 2.19. The second-order valence-electron chi connectivity index (χ2n) is 4.47. The predicted octanol–water partition coefficient (Wildman–Crippen LogP) is 2.44. The minimum atomic E-state index is -0.416. The van der Waals surface area contributed by atoms with Gasteiger partial charge in [0.05, 0.1) is 11.8 Å². The average molecular weight is 301 g/mol. The standard InChI is InChI=1S/C15H12FN3O3/c16-11-5-2-1-4-10(11)14-18-13(22-19-14)7-8-17-15(20)12-6-3-9-21-12/h1-6,9H,7-8H2,(H,17,20). The molecule has 0 aliphatic heterocycles. The summed E-state index contributed by atoms with van der Waals surface area (Å²) in [6.45, 7) is 0.304. The molecule has 0 unspecified atom stereocenters. The molecule has 1 aromatic carbocycles. The van der Waals surface area contributed by atoms with E-state index in [1.807, 2.05) is 0 Å². The maximum absolute atomic E-state index is 13.6. The molecule has 0 saturated carbocycles. The number of benzene rings is 1. The number of carbonyl (C=O) groups excluding carboxylic acids is 1. The third-order valence-corrected chi connectivity index (χ3v) is 2.95. The van der Waals surface area contributed by atoms with Crippen LogP contribution in [0.15, 0.2) is 51.6 Å². The lowest BCUT2D eigenvalue weighted by atomic mass is 10.2. The van der Waals surface area contributed by atoms with Gasteiger partial charge < -0.3 is 14.3 Å². The normalized spacial score (nSPS) is 10.6. The zero-order valence-electron chi connectivity index (χ0n) is 11.5. The van der Waals surface area contributed by atoms with Crippen molar-refractivity contribution in [2.45, 2.75) is 6.42 Å². The van der Waals surface area contributed by atoms with E-state index in [1.165, 1.54) is 12.3 Å². The van der Waals surface area contributed by atoms with E-state index in [0.717, 1.165) is 0 Å². The Morgan fingerprint density at radius 1 is 1.23 bits per heavy atom. The van der Waals surface area contributed by atoms with Crippen LogP contribution in [0.2, 0.25) is 0 Å². The molecule has 1 N–H and O–H groups in total. The molecular weight excluding hydrogens is 289 g/mol. The first-order valence-electron chi connectivity index (χ1n) is 6.63. The number of rotatable bonds is 5. The van der Waals surface area contributed by atoms with Crippen LogP contribution in [0.3, 0.4) is 0 Å². The van der Waals surface area contributed by atoms with E-state index < -0.39 is 5.82 Å². The van der Waals surface area contributed by atoms with Gasteiger partial charge in [-0.1, -0.05) is 17.3 Å². The lowest BCUT2D eigenvalue weighted by Gasteiger charge is -1.99. The van der Waals surface area contributed by atoms with Gasteiger partial charge in [0.15, 0.2) is 5.76 Å². The number of amides is 1. The minimum Gasteiger partial charge on any atom is -0.459 e. The van der Waals surface area contributed by atoms with Crippen molar-refractivity contribution >= 4 is 5.91 Å². The summed E-state index contributed by atoms with van der Waals surface area (Å²) in [6.07, 6.45) is 1.77. The topological polar surface area (TPSA) is 81.2 Å². The summed E-state index contributed by atoms with van der Waals surface area (Å²) in [5.41, 5.74) is 0.275. The highest BCUT2D eigenvalue weighted by Gasteiger charge is 2.13. The maximum atomic E-state index is 13.6. The Bertz CT molecular complexity index is 768. The molecule has 0 aliphatic carbocycles. The number of hydrogen-bond donors (Lipinski definition) is 1. The fourth-order valence-corrected chi connectivity index (χ4v) is 1.89. The van der Waals surface area contributed by atoms with Crippen molar-refractivity contribution < 1.29 is 18.1 Å². The summed E-state index contributed by atoms with van der Waals surface area (Å²) in [5.74, 6) is 0.000786. The number of aromatic nitrogens is 2. The summed E-state index contributed by atoms with van der Waals surface area (Å²) in [7, 11) is 0. The molecule has 3 rings (SSSR count). The van der Waals surface area contributed by atoms with Crippen LogP contribution in [0.5, 0.6) is 0 Å². The second kappa shape index (κ2) is 6.21. The van der Waals surface area contributed by atoms with E-state index in [-0.39, 0.29) is 23.1 Å². The molecule has 0 atom stereocenters. The van der Waals surface area contributed by atoms with E-state index in [2.05, 4.69) is 15.5 Å². The van der Waals surface area contributed by atoms with Gasteiger partial charge in [0, 0.05) is 13.0 Å². The SMILES string of the molecule is O=C(NCCc1nc(-c2ccccc2F)no1)c1ccco1. The summed E-state index contributed by atoms with van der Waals surface area (Å²) in [5, 5.41) is 6.40. The van der Waals surface area contributed by atoms with Crippen LogP contribution in [0.1, 0.15) is 16.4 Å². The van der Waals surface area contributed by atoms with Gasteiger partial charge in [-0.3, -0.25) is 4.79 Å². The van der Waals surface area contributed by atoms with Crippen molar-refractivity contribution in [3.05, 3.63) is 60.1 Å². The number of nitrogens with one attached hydrogen (secondary N) is 1. The van der Waals surface area contributed by atoms with Gasteiger partial charge in [-0.15, -0.1) is 0 Å². The van der Waals surface area contributed by atoms with Crippen molar-refractivity contribution in [1.29, 1.82) is 0 Å². The third-order valence-electron chi connectivity index (χ3n) is 2.95. The molecule has 6 nitrogen and oxygen atoms in total. The van der Waals surface area contributed by atoms with E-state index in [0.29, 0.717) is 18.9 Å². The molecule has 0 spiro atoms. The first-order valence-corrected chi connectivity index (χ1v) is 6.63. The quantitative estimate of drug-likeness (QED) is 0.782. The lowest BCUT2D eigenvalue weighted by Crippen LogP contribution is -2.25. The largest absolute Gasteiger partial charge is 0.459 e. The molecule has 0 bridgehead atoms. The fourth-order valence-electron chi connectivity index (χ4n) is 1.89. The molecule has 22 heavy (non-hydrogen) atoms. The van der Waals surface area contributed by atoms with E-state index in [4.69, 9.17) is 8.94 Å². The van der Waals surface area contributed by atoms with Gasteiger partial charge in [0.25, 0.3) is 5.91 Å². The van der Waals surface area contributed by atoms with Crippen LogP contribution in [-0.2, 0) is 6.42 Å². The first kappa shape index (κ1) is 14.0. The zero-order chi connectivity index (χ0) is 15.4. The minimum absolute atomic E-state index is 0.186. The molecule has 0 aliphatic rings. The van der Waals surface area contributed by atoms with Crippen molar-refractivity contribution in [1.82, 2.24) is 15.5 Å². The summed E-state index contributed by atoms with van der Waals surface area (Å²) >= 11 is 0. The Labute approximate surface area is 124 Å². The van der Waals surface area contributed by atoms with Crippen molar-refractivity contribution in [2.24, 2.45) is 0 Å². The third kappa shape index (κ3) is 3.03. The van der Waals surface area contributed by atoms with Gasteiger partial charge in [0.2, 0.25) is 11.7 Å². The Balaban J connectivity index is 1.58. The van der Waals surface area contributed by atoms with Crippen LogP contribution >= 0.6 is 0 Å². The van der Waals surface area contributed by atoms with Gasteiger partial charge in [0.1, 0.15) is 5.82 Å². The van der Waals surface area contributed by atoms with E-state index >= 15 is 0 Å². The second-order valence-corrected chi connectivity index (χ2v) is 4.47. The molecule has 3 aromatic rings. The molecule has 112 valence electrons. The zero-order valence-corrected chi connectivity index (χ0v) is 11.5. The molecule has 2 aromatic heterocycles. The van der Waals surface area contributed by atoms with E-state index in [9.17, 15) is 9.18 Å². The molecule has 0 radical (unpaired) electrons. The number of furan rings is 1. The first-order chi connectivity index (χ1) is 10.7. The summed E-state index contributed by atoms with van der Waals surface area (Å²) < 4.78 is 23.6. The van der Waals surface area contributed by atoms with Crippen LogP contribution < -0.4 is 5.32 Å². The Morgan fingerprint density at radius 2 is 2.09 bits per heavy atom. The van der Waals surface area contributed by atoms with Crippen LogP contribution in [0, 0.1) is 5.82 Å². The van der Waals surface area contributed by atoms with Gasteiger partial charge >= 0.3 is 0 Å². The van der Waals surface area contributed by atoms with E-state index in [1.54, 1.807) is 30.3 Å².